The molecule has 0 radical (unpaired) electrons. The lowest BCUT2D eigenvalue weighted by Gasteiger charge is -2.26. The maximum Gasteiger partial charge on any atom is 0.490 e. The fraction of sp³-hybridized carbons (Fsp3) is 0.273. The summed E-state index contributed by atoms with van der Waals surface area (Å²) in [4.78, 5) is 27.3. The molecule has 0 saturated carbocycles. The highest BCUT2D eigenvalue weighted by Crippen LogP contribution is 2.24. The number of rotatable bonds is 5. The molecule has 3 heterocycles. The van der Waals surface area contributed by atoms with E-state index < -0.39 is 12.1 Å². The van der Waals surface area contributed by atoms with Crippen LogP contribution in [-0.4, -0.2) is 44.7 Å². The number of aliphatic carboxylic acids is 1. The van der Waals surface area contributed by atoms with Crippen molar-refractivity contribution in [1.29, 1.82) is 0 Å². The van der Waals surface area contributed by atoms with E-state index in [0.29, 0.717) is 31.0 Å². The number of aromatic nitrogens is 2. The number of nitrogens with zero attached hydrogens (tertiary/aromatic N) is 3. The Bertz CT molecular complexity index is 1120. The van der Waals surface area contributed by atoms with Crippen LogP contribution in [0.25, 0.3) is 0 Å². The zero-order valence-corrected chi connectivity index (χ0v) is 17.6. The van der Waals surface area contributed by atoms with E-state index in [1.165, 1.54) is 12.1 Å². The van der Waals surface area contributed by atoms with Gasteiger partial charge in [-0.25, -0.2) is 9.18 Å². The van der Waals surface area contributed by atoms with E-state index >= 15 is 0 Å². The molecule has 1 aliphatic heterocycles. The largest absolute Gasteiger partial charge is 0.490 e. The molecule has 1 aliphatic rings. The lowest BCUT2D eigenvalue weighted by Crippen LogP contribution is -2.36. The van der Waals surface area contributed by atoms with Gasteiger partial charge in [-0.05, 0) is 29.8 Å². The Morgan fingerprint density at radius 1 is 1.18 bits per heavy atom. The van der Waals surface area contributed by atoms with E-state index in [2.05, 4.69) is 10.1 Å². The van der Waals surface area contributed by atoms with Gasteiger partial charge in [0, 0.05) is 24.7 Å². The van der Waals surface area contributed by atoms with E-state index in [-0.39, 0.29) is 24.8 Å². The Kier molecular flexibility index (Phi) is 7.82. The molecule has 0 spiro atoms. The lowest BCUT2D eigenvalue weighted by atomic mass is 10.0. The smallest absolute Gasteiger partial charge is 0.486 e. The van der Waals surface area contributed by atoms with Crippen LogP contribution in [0.1, 0.15) is 22.6 Å². The highest BCUT2D eigenvalue weighted by Gasteiger charge is 2.38. The maximum atomic E-state index is 13.0. The number of carboxylic acid groups (broad SMARTS) is 1. The van der Waals surface area contributed by atoms with Gasteiger partial charge >= 0.3 is 12.1 Å². The first-order chi connectivity index (χ1) is 16.1. The molecule has 0 bridgehead atoms. The van der Waals surface area contributed by atoms with Crippen LogP contribution in [0.2, 0.25) is 0 Å². The summed E-state index contributed by atoms with van der Waals surface area (Å²) in [5.74, 6) is -1.63. The van der Waals surface area contributed by atoms with Crippen LogP contribution >= 0.6 is 0 Å². The quantitative estimate of drug-likeness (QED) is 0.556. The molecule has 0 unspecified atom stereocenters. The van der Waals surface area contributed by atoms with Crippen LogP contribution in [-0.2, 0) is 35.6 Å². The van der Waals surface area contributed by atoms with Crippen LogP contribution in [0.5, 0.6) is 5.75 Å². The molecule has 3 aromatic rings. The van der Waals surface area contributed by atoms with Gasteiger partial charge in [0.25, 0.3) is 0 Å². The first kappa shape index (κ1) is 24.7. The van der Waals surface area contributed by atoms with Gasteiger partial charge in [-0.15, -0.1) is 0 Å². The first-order valence-electron chi connectivity index (χ1n) is 9.95. The van der Waals surface area contributed by atoms with Gasteiger partial charge in [0.05, 0.1) is 19.2 Å². The molecule has 0 aliphatic carbocycles. The fourth-order valence-corrected chi connectivity index (χ4v) is 3.06. The molecule has 1 amide bonds. The van der Waals surface area contributed by atoms with Gasteiger partial charge in [-0.3, -0.25) is 9.78 Å². The van der Waals surface area contributed by atoms with Crippen molar-refractivity contribution in [2.45, 2.75) is 32.2 Å². The van der Waals surface area contributed by atoms with Crippen LogP contribution in [0.3, 0.4) is 0 Å². The van der Waals surface area contributed by atoms with E-state index in [0.717, 1.165) is 16.9 Å². The summed E-state index contributed by atoms with van der Waals surface area (Å²) in [6.07, 6.45) is -0.923. The molecule has 180 valence electrons. The molecular weight excluding hydrogens is 462 g/mol. The van der Waals surface area contributed by atoms with Crippen LogP contribution in [0.4, 0.5) is 17.6 Å². The summed E-state index contributed by atoms with van der Waals surface area (Å²) in [5, 5.41) is 11.2. The average molecular weight is 481 g/mol. The summed E-state index contributed by atoms with van der Waals surface area (Å²) in [7, 11) is 0. The Morgan fingerprint density at radius 3 is 2.50 bits per heavy atom. The zero-order chi connectivity index (χ0) is 24.7. The molecule has 1 aromatic carbocycles. The summed E-state index contributed by atoms with van der Waals surface area (Å²) < 4.78 is 55.9. The monoisotopic (exact) mass is 481 g/mol. The summed E-state index contributed by atoms with van der Waals surface area (Å²) in [6.45, 7) is 1.26. The molecule has 12 heteroatoms. The Morgan fingerprint density at radius 2 is 1.88 bits per heavy atom. The number of hydrogen-bond acceptors (Lipinski definition) is 6. The third-order valence-electron chi connectivity index (χ3n) is 4.78. The number of benzene rings is 1. The van der Waals surface area contributed by atoms with Crippen LogP contribution in [0, 0.1) is 5.82 Å². The Labute approximate surface area is 190 Å². The molecule has 0 fully saturated rings. The molecular formula is C22H19F4N3O5. The number of amides is 1. The Hall–Kier alpha value is -3.96. The molecule has 34 heavy (non-hydrogen) atoms. The lowest BCUT2D eigenvalue weighted by molar-refractivity contribution is -0.192. The molecule has 0 atom stereocenters. The number of carbonyl (C=O) groups excluding carboxylic acids is 1. The minimum Gasteiger partial charge on any atom is -0.486 e. The van der Waals surface area contributed by atoms with Crippen molar-refractivity contribution in [3.05, 3.63) is 77.2 Å². The standard InChI is InChI=1S/C20H18FN3O3.C2HF3O2/c21-15-5-3-14(4-6-15)10-20(25)24-9-7-19-17(12-24)18(23-27-19)13-26-16-2-1-8-22-11-16;3-2(4,5)1(6)7/h1-6,8,11H,7,9-10,12-13H2;(H,6,7). The highest BCUT2D eigenvalue weighted by molar-refractivity contribution is 5.79. The summed E-state index contributed by atoms with van der Waals surface area (Å²) in [6, 6.07) is 9.61. The Balaban J connectivity index is 0.000000406. The number of alkyl halides is 3. The van der Waals surface area contributed by atoms with Gasteiger partial charge in [0.2, 0.25) is 5.91 Å². The highest BCUT2D eigenvalue weighted by atomic mass is 19.4. The summed E-state index contributed by atoms with van der Waals surface area (Å²) in [5.41, 5.74) is 2.38. The second kappa shape index (κ2) is 10.8. The van der Waals surface area contributed by atoms with Crippen molar-refractivity contribution in [1.82, 2.24) is 15.0 Å². The van der Waals surface area contributed by atoms with E-state index in [1.807, 2.05) is 6.07 Å². The predicted molar refractivity (Wildman–Crippen MR) is 108 cm³/mol. The van der Waals surface area contributed by atoms with Gasteiger partial charge in [0.15, 0.2) is 0 Å². The third kappa shape index (κ3) is 6.77. The number of carbonyl (C=O) groups is 2. The molecule has 1 N–H and O–H groups in total. The average Bonchev–Trinajstić information content (AvgIpc) is 3.22. The summed E-state index contributed by atoms with van der Waals surface area (Å²) >= 11 is 0. The van der Waals surface area contributed by atoms with E-state index in [4.69, 9.17) is 19.2 Å². The van der Waals surface area contributed by atoms with Gasteiger partial charge in [-0.2, -0.15) is 13.2 Å². The number of halogens is 4. The third-order valence-corrected chi connectivity index (χ3v) is 4.78. The van der Waals surface area contributed by atoms with Crippen LogP contribution < -0.4 is 4.74 Å². The molecule has 4 rings (SSSR count). The zero-order valence-electron chi connectivity index (χ0n) is 17.6. The maximum absolute atomic E-state index is 13.0. The molecule has 0 saturated heterocycles. The first-order valence-corrected chi connectivity index (χ1v) is 9.95. The number of hydrogen-bond donors (Lipinski definition) is 1. The van der Waals surface area contributed by atoms with Crippen molar-refractivity contribution in [3.63, 3.8) is 0 Å². The second-order valence-electron chi connectivity index (χ2n) is 7.18. The van der Waals surface area contributed by atoms with Crippen molar-refractivity contribution in [3.8, 4) is 5.75 Å². The van der Waals surface area contributed by atoms with Gasteiger partial charge in [0.1, 0.15) is 29.6 Å². The van der Waals surface area contributed by atoms with Crippen LogP contribution in [0.15, 0.2) is 53.3 Å². The number of carboxylic acids is 1. The minimum absolute atomic E-state index is 0.00686. The van der Waals surface area contributed by atoms with Crippen molar-refractivity contribution >= 4 is 11.9 Å². The fourth-order valence-electron chi connectivity index (χ4n) is 3.06. The van der Waals surface area contributed by atoms with E-state index in [9.17, 15) is 22.4 Å². The predicted octanol–water partition coefficient (Wildman–Crippen LogP) is 3.55. The van der Waals surface area contributed by atoms with Gasteiger partial charge < -0.3 is 19.3 Å². The molecule has 2 aromatic heterocycles. The second-order valence-corrected chi connectivity index (χ2v) is 7.18. The number of ether oxygens (including phenoxy) is 1. The van der Waals surface area contributed by atoms with Crippen molar-refractivity contribution in [2.75, 3.05) is 6.54 Å². The minimum atomic E-state index is -5.08. The molecule has 8 nitrogen and oxygen atoms in total. The van der Waals surface area contributed by atoms with Crippen molar-refractivity contribution < 1.29 is 41.5 Å². The SMILES string of the molecule is O=C(Cc1ccc(F)cc1)N1CCc2onc(COc3cccnc3)c2C1.O=C(O)C(F)(F)F. The topological polar surface area (TPSA) is 106 Å². The van der Waals surface area contributed by atoms with E-state index in [1.54, 1.807) is 35.5 Å². The normalized spacial score (nSPS) is 12.9. The van der Waals surface area contributed by atoms with Crippen molar-refractivity contribution in [2.24, 2.45) is 0 Å². The van der Waals surface area contributed by atoms with Gasteiger partial charge in [-0.1, -0.05) is 17.3 Å². The number of fused-ring (bicyclic) bond motifs is 1. The number of pyridine rings is 1.